The van der Waals surface area contributed by atoms with E-state index < -0.39 is 16.1 Å². The number of carbonyl (C=O) groups is 1. The zero-order valence-corrected chi connectivity index (χ0v) is 19.3. The molecule has 0 saturated heterocycles. The van der Waals surface area contributed by atoms with Crippen molar-refractivity contribution in [1.82, 2.24) is 5.32 Å². The second-order valence-electron chi connectivity index (χ2n) is 7.33. The molecule has 0 fully saturated rings. The van der Waals surface area contributed by atoms with E-state index in [1.54, 1.807) is 24.3 Å². The van der Waals surface area contributed by atoms with Gasteiger partial charge in [-0.05, 0) is 66.9 Å². The molecule has 0 aliphatic carbocycles. The van der Waals surface area contributed by atoms with Crippen LogP contribution in [0.5, 0.6) is 0 Å². The predicted octanol–water partition coefficient (Wildman–Crippen LogP) is 4.79. The molecule has 0 aliphatic rings. The Balaban J connectivity index is 1.63. The molecule has 0 saturated carbocycles. The quantitative estimate of drug-likeness (QED) is 0.396. The molecule has 3 aromatic carbocycles. The number of sulfonamides is 1. The van der Waals surface area contributed by atoms with E-state index in [-0.39, 0.29) is 10.9 Å². The van der Waals surface area contributed by atoms with Crippen LogP contribution in [0.1, 0.15) is 29.7 Å². The molecule has 2 amide bonds. The average Bonchev–Trinajstić information content (AvgIpc) is 2.76. The van der Waals surface area contributed by atoms with Crippen LogP contribution in [0.15, 0.2) is 71.6 Å². The lowest BCUT2D eigenvalue weighted by molar-refractivity contribution is 0.249. The van der Waals surface area contributed by atoms with Crippen molar-refractivity contribution in [2.45, 2.75) is 31.3 Å². The highest BCUT2D eigenvalue weighted by atomic mass is 35.5. The molecule has 5 N–H and O–H groups in total. The number of amides is 2. The lowest BCUT2D eigenvalue weighted by Gasteiger charge is -2.17. The van der Waals surface area contributed by atoms with Crippen molar-refractivity contribution in [2.75, 3.05) is 10.0 Å². The van der Waals surface area contributed by atoms with Crippen LogP contribution in [-0.4, -0.2) is 14.4 Å². The van der Waals surface area contributed by atoms with Gasteiger partial charge in [0.15, 0.2) is 0 Å². The topological polar surface area (TPSA) is 113 Å². The molecule has 0 unspecified atom stereocenters. The van der Waals surface area contributed by atoms with Crippen molar-refractivity contribution in [3.63, 3.8) is 0 Å². The van der Waals surface area contributed by atoms with Gasteiger partial charge < -0.3 is 16.4 Å². The predicted molar refractivity (Wildman–Crippen MR) is 128 cm³/mol. The van der Waals surface area contributed by atoms with E-state index in [2.05, 4.69) is 15.4 Å². The number of rotatable bonds is 7. The summed E-state index contributed by atoms with van der Waals surface area (Å²) in [6.07, 6.45) is 0. The Hall–Kier alpha value is -3.07. The van der Waals surface area contributed by atoms with E-state index in [4.69, 9.17) is 17.3 Å². The summed E-state index contributed by atoms with van der Waals surface area (Å²) in [6, 6.07) is 17.6. The fourth-order valence-corrected chi connectivity index (χ4v) is 4.43. The van der Waals surface area contributed by atoms with Crippen LogP contribution in [0.3, 0.4) is 0 Å². The first-order valence-corrected chi connectivity index (χ1v) is 11.8. The van der Waals surface area contributed by atoms with Gasteiger partial charge >= 0.3 is 6.03 Å². The van der Waals surface area contributed by atoms with E-state index in [0.717, 1.165) is 16.7 Å². The molecule has 0 radical (unpaired) electrons. The lowest BCUT2D eigenvalue weighted by atomic mass is 10.1. The third-order valence-electron chi connectivity index (χ3n) is 4.90. The van der Waals surface area contributed by atoms with E-state index in [9.17, 15) is 13.2 Å². The standard InChI is InChI=1S/C23H25ClN4O3S/c1-15-4-3-5-21(22(15)24)16(2)26-23(29)27-18-10-12-20(13-11-18)32(30,31)28-19-8-6-17(14-25)7-9-19/h3-13,16,28H,14,25H2,1-2H3,(H2,26,27,29)/t16-/m0/s1. The van der Waals surface area contributed by atoms with Gasteiger partial charge in [-0.3, -0.25) is 4.72 Å². The Morgan fingerprint density at radius 2 is 1.62 bits per heavy atom. The Labute approximate surface area is 193 Å². The number of halogens is 1. The Morgan fingerprint density at radius 1 is 1.00 bits per heavy atom. The molecule has 1 atom stereocenters. The first kappa shape index (κ1) is 23.6. The minimum atomic E-state index is -3.77. The molecule has 7 nitrogen and oxygen atoms in total. The van der Waals surface area contributed by atoms with Crippen molar-refractivity contribution in [1.29, 1.82) is 0 Å². The number of nitrogens with one attached hydrogen (secondary N) is 3. The van der Waals surface area contributed by atoms with Crippen LogP contribution in [-0.2, 0) is 16.6 Å². The zero-order chi connectivity index (χ0) is 23.3. The second-order valence-corrected chi connectivity index (χ2v) is 9.39. The van der Waals surface area contributed by atoms with Gasteiger partial charge in [-0.15, -0.1) is 0 Å². The number of hydrogen-bond acceptors (Lipinski definition) is 4. The number of anilines is 2. The largest absolute Gasteiger partial charge is 0.331 e. The van der Waals surface area contributed by atoms with Crippen LogP contribution < -0.4 is 21.1 Å². The van der Waals surface area contributed by atoms with E-state index >= 15 is 0 Å². The van der Waals surface area contributed by atoms with Crippen LogP contribution in [0.4, 0.5) is 16.2 Å². The van der Waals surface area contributed by atoms with Gasteiger partial charge in [0.25, 0.3) is 10.0 Å². The first-order chi connectivity index (χ1) is 15.2. The normalized spacial score (nSPS) is 12.1. The highest BCUT2D eigenvalue weighted by molar-refractivity contribution is 7.92. The van der Waals surface area contributed by atoms with Crippen molar-refractivity contribution < 1.29 is 13.2 Å². The number of hydrogen-bond donors (Lipinski definition) is 4. The molecular weight excluding hydrogens is 448 g/mol. The molecule has 0 bridgehead atoms. The van der Waals surface area contributed by atoms with Gasteiger partial charge in [0, 0.05) is 22.9 Å². The monoisotopic (exact) mass is 472 g/mol. The summed E-state index contributed by atoms with van der Waals surface area (Å²) >= 11 is 6.32. The molecule has 0 aliphatic heterocycles. The van der Waals surface area contributed by atoms with Crippen molar-refractivity contribution in [3.8, 4) is 0 Å². The number of nitrogens with two attached hydrogens (primary N) is 1. The highest BCUT2D eigenvalue weighted by Crippen LogP contribution is 2.26. The van der Waals surface area contributed by atoms with Crippen molar-refractivity contribution >= 4 is 39.0 Å². The Morgan fingerprint density at radius 3 is 2.25 bits per heavy atom. The lowest BCUT2D eigenvalue weighted by Crippen LogP contribution is -2.31. The molecule has 0 heterocycles. The first-order valence-electron chi connectivity index (χ1n) is 9.94. The van der Waals surface area contributed by atoms with Crippen LogP contribution in [0, 0.1) is 6.92 Å². The number of carbonyl (C=O) groups excluding carboxylic acids is 1. The average molecular weight is 473 g/mol. The van der Waals surface area contributed by atoms with E-state index in [0.29, 0.717) is 22.9 Å². The van der Waals surface area contributed by atoms with E-state index in [1.165, 1.54) is 24.3 Å². The fourth-order valence-electron chi connectivity index (χ4n) is 3.09. The minimum Gasteiger partial charge on any atom is -0.331 e. The molecule has 9 heteroatoms. The third-order valence-corrected chi connectivity index (χ3v) is 6.81. The summed E-state index contributed by atoms with van der Waals surface area (Å²) in [4.78, 5) is 12.4. The summed E-state index contributed by atoms with van der Waals surface area (Å²) in [7, 11) is -3.77. The maximum atomic E-state index is 12.6. The van der Waals surface area contributed by atoms with Gasteiger partial charge in [-0.2, -0.15) is 0 Å². The second kappa shape index (κ2) is 10.0. The highest BCUT2D eigenvalue weighted by Gasteiger charge is 2.16. The van der Waals surface area contributed by atoms with Crippen LogP contribution in [0.2, 0.25) is 5.02 Å². The van der Waals surface area contributed by atoms with Crippen LogP contribution >= 0.6 is 11.6 Å². The molecule has 3 rings (SSSR count). The summed E-state index contributed by atoms with van der Waals surface area (Å²) in [5, 5.41) is 6.13. The van der Waals surface area contributed by atoms with Gasteiger partial charge in [0.1, 0.15) is 0 Å². The Kier molecular flexibility index (Phi) is 7.40. The maximum absolute atomic E-state index is 12.6. The van der Waals surface area contributed by atoms with Gasteiger partial charge in [0.2, 0.25) is 0 Å². The number of benzene rings is 3. The molecular formula is C23H25ClN4O3S. The molecule has 0 aromatic heterocycles. The molecule has 168 valence electrons. The summed E-state index contributed by atoms with van der Waals surface area (Å²) in [6.45, 7) is 4.12. The fraction of sp³-hybridized carbons (Fsp3) is 0.174. The van der Waals surface area contributed by atoms with Crippen LogP contribution in [0.25, 0.3) is 0 Å². The molecule has 0 spiro atoms. The molecule has 32 heavy (non-hydrogen) atoms. The van der Waals surface area contributed by atoms with Crippen molar-refractivity contribution in [2.24, 2.45) is 5.73 Å². The smallest absolute Gasteiger partial charge is 0.319 e. The summed E-state index contributed by atoms with van der Waals surface area (Å²) < 4.78 is 27.7. The maximum Gasteiger partial charge on any atom is 0.319 e. The summed E-state index contributed by atoms with van der Waals surface area (Å²) in [5.74, 6) is 0. The summed E-state index contributed by atoms with van der Waals surface area (Å²) in [5.41, 5.74) is 9.10. The van der Waals surface area contributed by atoms with Gasteiger partial charge in [-0.1, -0.05) is 41.9 Å². The Bertz CT molecular complexity index is 1200. The number of urea groups is 1. The van der Waals surface area contributed by atoms with Crippen molar-refractivity contribution in [3.05, 3.63) is 88.4 Å². The van der Waals surface area contributed by atoms with Gasteiger partial charge in [0.05, 0.1) is 10.9 Å². The van der Waals surface area contributed by atoms with E-state index in [1.807, 2.05) is 32.0 Å². The minimum absolute atomic E-state index is 0.0753. The molecule has 3 aromatic rings. The SMILES string of the molecule is Cc1cccc([C@H](C)NC(=O)Nc2ccc(S(=O)(=O)Nc3ccc(CN)cc3)cc2)c1Cl. The zero-order valence-electron chi connectivity index (χ0n) is 17.7. The number of aryl methyl sites for hydroxylation is 1. The van der Waals surface area contributed by atoms with Gasteiger partial charge in [-0.25, -0.2) is 13.2 Å². The third kappa shape index (κ3) is 5.79.